The van der Waals surface area contributed by atoms with Gasteiger partial charge in [-0.15, -0.1) is 0 Å². The Morgan fingerprint density at radius 3 is 2.75 bits per heavy atom. The number of aliphatic hydroxyl groups excluding tert-OH is 1. The molecule has 0 aromatic heterocycles. The van der Waals surface area contributed by atoms with Gasteiger partial charge in [0, 0.05) is 18.8 Å². The van der Waals surface area contributed by atoms with Gasteiger partial charge in [0.05, 0.1) is 12.2 Å². The zero-order chi connectivity index (χ0) is 11.8. The van der Waals surface area contributed by atoms with Gasteiger partial charge in [-0.25, -0.2) is 0 Å². The highest BCUT2D eigenvalue weighted by atomic mass is 16.3. The molecule has 0 fully saturated rings. The molecule has 4 heteroatoms. The van der Waals surface area contributed by atoms with Crippen molar-refractivity contribution in [2.45, 2.75) is 13.3 Å². The fraction of sp³-hybridized carbons (Fsp3) is 0.417. The SMILES string of the molecule is CCCNc1ccccc1C(=O)NCCO. The Bertz CT molecular complexity index is 340. The first-order chi connectivity index (χ1) is 7.79. The molecule has 88 valence electrons. The summed E-state index contributed by atoms with van der Waals surface area (Å²) >= 11 is 0. The predicted octanol–water partition coefficient (Wildman–Crippen LogP) is 1.23. The van der Waals surface area contributed by atoms with Crippen LogP contribution < -0.4 is 10.6 Å². The molecular weight excluding hydrogens is 204 g/mol. The van der Waals surface area contributed by atoms with Crippen molar-refractivity contribution in [2.24, 2.45) is 0 Å². The van der Waals surface area contributed by atoms with Crippen molar-refractivity contribution in [1.82, 2.24) is 5.32 Å². The number of carbonyl (C=O) groups excluding carboxylic acids is 1. The van der Waals surface area contributed by atoms with Gasteiger partial charge in [-0.2, -0.15) is 0 Å². The number of amides is 1. The minimum Gasteiger partial charge on any atom is -0.395 e. The summed E-state index contributed by atoms with van der Waals surface area (Å²) in [4.78, 5) is 11.7. The second kappa shape index (κ2) is 6.85. The second-order valence-electron chi connectivity index (χ2n) is 3.45. The molecule has 1 amide bonds. The molecule has 4 nitrogen and oxygen atoms in total. The van der Waals surface area contributed by atoms with Crippen molar-refractivity contribution >= 4 is 11.6 Å². The average Bonchev–Trinajstić information content (AvgIpc) is 2.33. The van der Waals surface area contributed by atoms with Crippen molar-refractivity contribution in [3.05, 3.63) is 29.8 Å². The highest BCUT2D eigenvalue weighted by Crippen LogP contribution is 2.14. The Morgan fingerprint density at radius 2 is 2.06 bits per heavy atom. The number of aliphatic hydroxyl groups is 1. The molecule has 0 atom stereocenters. The standard InChI is InChI=1S/C12H18N2O2/c1-2-7-13-11-6-4-3-5-10(11)12(16)14-8-9-15/h3-6,13,15H,2,7-9H2,1H3,(H,14,16). The second-order valence-corrected chi connectivity index (χ2v) is 3.45. The van der Waals surface area contributed by atoms with Crippen LogP contribution in [0.4, 0.5) is 5.69 Å². The van der Waals surface area contributed by atoms with E-state index in [0.717, 1.165) is 18.7 Å². The largest absolute Gasteiger partial charge is 0.395 e. The lowest BCUT2D eigenvalue weighted by atomic mass is 10.1. The zero-order valence-corrected chi connectivity index (χ0v) is 9.49. The Labute approximate surface area is 95.7 Å². The van der Waals surface area contributed by atoms with Gasteiger partial charge >= 0.3 is 0 Å². The van der Waals surface area contributed by atoms with Gasteiger partial charge in [-0.05, 0) is 18.6 Å². The maximum atomic E-state index is 11.7. The lowest BCUT2D eigenvalue weighted by Crippen LogP contribution is -2.27. The molecule has 1 aromatic carbocycles. The van der Waals surface area contributed by atoms with Gasteiger partial charge in [-0.3, -0.25) is 4.79 Å². The van der Waals surface area contributed by atoms with E-state index in [9.17, 15) is 4.79 Å². The number of carbonyl (C=O) groups is 1. The Hall–Kier alpha value is -1.55. The lowest BCUT2D eigenvalue weighted by molar-refractivity contribution is 0.0945. The van der Waals surface area contributed by atoms with Gasteiger partial charge in [-0.1, -0.05) is 19.1 Å². The maximum Gasteiger partial charge on any atom is 0.253 e. The molecule has 0 unspecified atom stereocenters. The molecule has 0 saturated heterocycles. The quantitative estimate of drug-likeness (QED) is 0.678. The molecule has 0 bridgehead atoms. The normalized spacial score (nSPS) is 9.88. The van der Waals surface area contributed by atoms with Gasteiger partial charge in [0.25, 0.3) is 5.91 Å². The van der Waals surface area contributed by atoms with Crippen LogP contribution in [-0.2, 0) is 0 Å². The number of hydrogen-bond acceptors (Lipinski definition) is 3. The van der Waals surface area contributed by atoms with Crippen molar-refractivity contribution in [3.8, 4) is 0 Å². The van der Waals surface area contributed by atoms with Crippen LogP contribution in [0.5, 0.6) is 0 Å². The first-order valence-corrected chi connectivity index (χ1v) is 5.51. The summed E-state index contributed by atoms with van der Waals surface area (Å²) in [6.45, 7) is 3.14. The van der Waals surface area contributed by atoms with Crippen molar-refractivity contribution in [3.63, 3.8) is 0 Å². The third-order valence-electron chi connectivity index (χ3n) is 2.13. The molecule has 1 rings (SSSR count). The topological polar surface area (TPSA) is 61.4 Å². The van der Waals surface area contributed by atoms with E-state index in [-0.39, 0.29) is 19.1 Å². The van der Waals surface area contributed by atoms with E-state index >= 15 is 0 Å². The molecule has 16 heavy (non-hydrogen) atoms. The van der Waals surface area contributed by atoms with Crippen LogP contribution in [0.3, 0.4) is 0 Å². The molecule has 0 saturated carbocycles. The van der Waals surface area contributed by atoms with E-state index in [0.29, 0.717) is 5.56 Å². The molecule has 0 aliphatic carbocycles. The van der Waals surface area contributed by atoms with Crippen LogP contribution >= 0.6 is 0 Å². The van der Waals surface area contributed by atoms with Crippen LogP contribution in [0.15, 0.2) is 24.3 Å². The van der Waals surface area contributed by atoms with Crippen molar-refractivity contribution in [2.75, 3.05) is 25.0 Å². The number of para-hydroxylation sites is 1. The smallest absolute Gasteiger partial charge is 0.253 e. The van der Waals surface area contributed by atoms with Gasteiger partial charge in [0.1, 0.15) is 0 Å². The highest BCUT2D eigenvalue weighted by Gasteiger charge is 2.09. The fourth-order valence-corrected chi connectivity index (χ4v) is 1.36. The van der Waals surface area contributed by atoms with E-state index in [1.807, 2.05) is 18.2 Å². The molecule has 0 radical (unpaired) electrons. The monoisotopic (exact) mass is 222 g/mol. The maximum absolute atomic E-state index is 11.7. The van der Waals surface area contributed by atoms with Gasteiger partial charge in [0.15, 0.2) is 0 Å². The highest BCUT2D eigenvalue weighted by molar-refractivity contribution is 5.99. The number of nitrogens with one attached hydrogen (secondary N) is 2. The van der Waals surface area contributed by atoms with Gasteiger partial charge < -0.3 is 15.7 Å². The summed E-state index contributed by atoms with van der Waals surface area (Å²) in [6, 6.07) is 7.36. The summed E-state index contributed by atoms with van der Waals surface area (Å²) in [5, 5.41) is 14.5. The molecule has 0 heterocycles. The molecule has 0 aliphatic heterocycles. The minimum atomic E-state index is -0.159. The minimum absolute atomic E-state index is 0.0453. The third-order valence-corrected chi connectivity index (χ3v) is 2.13. The predicted molar refractivity (Wildman–Crippen MR) is 64.6 cm³/mol. The molecule has 0 aliphatic rings. The third kappa shape index (κ3) is 3.55. The van der Waals surface area contributed by atoms with Crippen molar-refractivity contribution < 1.29 is 9.90 Å². The van der Waals surface area contributed by atoms with E-state index in [4.69, 9.17) is 5.11 Å². The summed E-state index contributed by atoms with van der Waals surface area (Å²) < 4.78 is 0. The zero-order valence-electron chi connectivity index (χ0n) is 9.49. The number of hydrogen-bond donors (Lipinski definition) is 3. The lowest BCUT2D eigenvalue weighted by Gasteiger charge is -2.10. The first-order valence-electron chi connectivity index (χ1n) is 5.51. The van der Waals surface area contributed by atoms with E-state index in [1.165, 1.54) is 0 Å². The van der Waals surface area contributed by atoms with Crippen molar-refractivity contribution in [1.29, 1.82) is 0 Å². The number of anilines is 1. The summed E-state index contributed by atoms with van der Waals surface area (Å²) in [5.41, 5.74) is 1.45. The van der Waals surface area contributed by atoms with E-state index in [2.05, 4.69) is 17.6 Å². The average molecular weight is 222 g/mol. The van der Waals surface area contributed by atoms with Crippen LogP contribution in [0, 0.1) is 0 Å². The van der Waals surface area contributed by atoms with E-state index < -0.39 is 0 Å². The van der Waals surface area contributed by atoms with Crippen LogP contribution in [0.2, 0.25) is 0 Å². The Kier molecular flexibility index (Phi) is 5.36. The summed E-state index contributed by atoms with van der Waals surface area (Å²) in [6.07, 6.45) is 1.01. The van der Waals surface area contributed by atoms with Crippen LogP contribution in [0.25, 0.3) is 0 Å². The van der Waals surface area contributed by atoms with Gasteiger partial charge in [0.2, 0.25) is 0 Å². The molecule has 1 aromatic rings. The molecular formula is C12H18N2O2. The van der Waals surface area contributed by atoms with Crippen LogP contribution in [0.1, 0.15) is 23.7 Å². The van der Waals surface area contributed by atoms with Crippen LogP contribution in [-0.4, -0.2) is 30.7 Å². The number of benzene rings is 1. The summed E-state index contributed by atoms with van der Waals surface area (Å²) in [7, 11) is 0. The summed E-state index contributed by atoms with van der Waals surface area (Å²) in [5.74, 6) is -0.159. The molecule has 0 spiro atoms. The first kappa shape index (κ1) is 12.5. The Morgan fingerprint density at radius 1 is 1.31 bits per heavy atom. The molecule has 3 N–H and O–H groups in total. The Balaban J connectivity index is 2.73. The van der Waals surface area contributed by atoms with E-state index in [1.54, 1.807) is 6.07 Å². The number of rotatable bonds is 6. The fourth-order valence-electron chi connectivity index (χ4n) is 1.36.